The molecule has 2 fully saturated rings. The van der Waals surface area contributed by atoms with Crippen molar-refractivity contribution in [1.29, 1.82) is 0 Å². The Morgan fingerprint density at radius 3 is 2.65 bits per heavy atom. The highest BCUT2D eigenvalue weighted by Gasteiger charge is 2.27. The second-order valence-corrected chi connectivity index (χ2v) is 6.51. The Labute approximate surface area is 138 Å². The fourth-order valence-corrected chi connectivity index (χ4v) is 3.36. The van der Waals surface area contributed by atoms with Crippen molar-refractivity contribution in [2.75, 3.05) is 46.4 Å². The molecule has 0 saturated carbocycles. The highest BCUT2D eigenvalue weighted by Crippen LogP contribution is 2.21. The number of amides is 1. The quantitative estimate of drug-likeness (QED) is 0.888. The summed E-state index contributed by atoms with van der Waals surface area (Å²) >= 11 is 0. The number of hydrogen-bond acceptors (Lipinski definition) is 4. The minimum atomic E-state index is -0.251. The summed E-state index contributed by atoms with van der Waals surface area (Å²) in [6.45, 7) is 5.56. The van der Waals surface area contributed by atoms with E-state index in [1.165, 1.54) is 5.56 Å². The average molecular weight is 317 g/mol. The van der Waals surface area contributed by atoms with Crippen LogP contribution in [-0.2, 0) is 9.53 Å². The van der Waals surface area contributed by atoms with Gasteiger partial charge in [-0.15, -0.1) is 0 Å². The molecule has 2 atom stereocenters. The first-order chi connectivity index (χ1) is 11.2. The molecule has 5 nitrogen and oxygen atoms in total. The number of benzene rings is 1. The lowest BCUT2D eigenvalue weighted by Gasteiger charge is -2.38. The molecule has 1 aromatic rings. The predicted octanol–water partition coefficient (Wildman–Crippen LogP) is 1.27. The van der Waals surface area contributed by atoms with Gasteiger partial charge in [-0.25, -0.2) is 0 Å². The van der Waals surface area contributed by atoms with E-state index in [2.05, 4.69) is 46.4 Å². The van der Waals surface area contributed by atoms with E-state index in [4.69, 9.17) is 4.74 Å². The Bertz CT molecular complexity index is 494. The van der Waals surface area contributed by atoms with E-state index in [0.717, 1.165) is 39.0 Å². The van der Waals surface area contributed by atoms with E-state index in [1.807, 2.05) is 6.07 Å². The molecule has 1 amide bonds. The van der Waals surface area contributed by atoms with Crippen LogP contribution in [0.5, 0.6) is 0 Å². The molecule has 0 aliphatic carbocycles. The van der Waals surface area contributed by atoms with Crippen LogP contribution in [0, 0.1) is 0 Å². The van der Waals surface area contributed by atoms with Gasteiger partial charge >= 0.3 is 0 Å². The number of carbonyl (C=O) groups excluding carboxylic acids is 1. The molecule has 1 N–H and O–H groups in total. The molecule has 2 unspecified atom stereocenters. The summed E-state index contributed by atoms with van der Waals surface area (Å²) in [5.74, 6) is 0.0394. The second-order valence-electron chi connectivity index (χ2n) is 6.51. The summed E-state index contributed by atoms with van der Waals surface area (Å²) in [6, 6.07) is 10.7. The summed E-state index contributed by atoms with van der Waals surface area (Å²) in [5, 5.41) is 3.11. The number of hydrogen-bond donors (Lipinski definition) is 1. The van der Waals surface area contributed by atoms with Crippen LogP contribution in [0.2, 0.25) is 0 Å². The summed E-state index contributed by atoms with van der Waals surface area (Å²) in [7, 11) is 2.16. The lowest BCUT2D eigenvalue weighted by molar-refractivity contribution is -0.130. The van der Waals surface area contributed by atoms with Gasteiger partial charge in [-0.1, -0.05) is 30.3 Å². The molecule has 0 spiro atoms. The first-order valence-electron chi connectivity index (χ1n) is 8.61. The van der Waals surface area contributed by atoms with E-state index < -0.39 is 0 Å². The number of likely N-dealkylation sites (N-methyl/N-ethyl adjacent to an activating group) is 1. The summed E-state index contributed by atoms with van der Waals surface area (Å²) in [6.07, 6.45) is 1.58. The first-order valence-corrected chi connectivity index (χ1v) is 8.61. The van der Waals surface area contributed by atoms with E-state index in [1.54, 1.807) is 0 Å². The maximum absolute atomic E-state index is 12.3. The summed E-state index contributed by atoms with van der Waals surface area (Å²) in [5.41, 5.74) is 1.27. The number of nitrogens with zero attached hydrogens (tertiary/aromatic N) is 2. The van der Waals surface area contributed by atoms with Gasteiger partial charge in [0.2, 0.25) is 5.91 Å². The van der Waals surface area contributed by atoms with E-state index in [-0.39, 0.29) is 18.1 Å². The van der Waals surface area contributed by atoms with Crippen molar-refractivity contribution in [2.24, 2.45) is 0 Å². The van der Waals surface area contributed by atoms with Crippen LogP contribution in [0.4, 0.5) is 0 Å². The molecule has 2 saturated heterocycles. The van der Waals surface area contributed by atoms with Gasteiger partial charge in [0.15, 0.2) is 0 Å². The normalized spacial score (nSPS) is 24.5. The van der Waals surface area contributed by atoms with Crippen molar-refractivity contribution >= 4 is 5.91 Å². The highest BCUT2D eigenvalue weighted by molar-refractivity contribution is 5.81. The van der Waals surface area contributed by atoms with Gasteiger partial charge in [-0.2, -0.15) is 0 Å². The predicted molar refractivity (Wildman–Crippen MR) is 90.2 cm³/mol. The zero-order chi connectivity index (χ0) is 16.1. The summed E-state index contributed by atoms with van der Waals surface area (Å²) in [4.78, 5) is 17.1. The highest BCUT2D eigenvalue weighted by atomic mass is 16.5. The number of piperazine rings is 1. The largest absolute Gasteiger partial charge is 0.368 e. The minimum absolute atomic E-state index is 0.0394. The monoisotopic (exact) mass is 317 g/mol. The van der Waals surface area contributed by atoms with Crippen molar-refractivity contribution in [3.8, 4) is 0 Å². The smallest absolute Gasteiger partial charge is 0.249 e. The second kappa shape index (κ2) is 7.90. The molecular formula is C18H27N3O2. The van der Waals surface area contributed by atoms with Gasteiger partial charge in [0, 0.05) is 39.3 Å². The lowest BCUT2D eigenvalue weighted by atomic mass is 10.0. The Morgan fingerprint density at radius 2 is 2.00 bits per heavy atom. The third kappa shape index (κ3) is 4.31. The zero-order valence-corrected chi connectivity index (χ0v) is 13.9. The van der Waals surface area contributed by atoms with Gasteiger partial charge in [-0.05, 0) is 25.5 Å². The standard InChI is InChI=1S/C18H27N3O2/c1-20-9-11-21(12-10-20)16(15-6-3-2-4-7-15)14-19-18(22)17-8-5-13-23-17/h2-4,6-7,16-17H,5,8-14H2,1H3,(H,19,22). The van der Waals surface area contributed by atoms with Crippen LogP contribution in [0.3, 0.4) is 0 Å². The molecule has 0 radical (unpaired) electrons. The van der Waals surface area contributed by atoms with Crippen LogP contribution in [-0.4, -0.2) is 68.2 Å². The fraction of sp³-hybridized carbons (Fsp3) is 0.611. The van der Waals surface area contributed by atoms with Gasteiger partial charge < -0.3 is 15.0 Å². The lowest BCUT2D eigenvalue weighted by Crippen LogP contribution is -2.49. The Hall–Kier alpha value is -1.43. The van der Waals surface area contributed by atoms with Crippen LogP contribution in [0.1, 0.15) is 24.4 Å². The number of ether oxygens (including phenoxy) is 1. The molecule has 2 aliphatic rings. The van der Waals surface area contributed by atoms with Crippen molar-refractivity contribution in [2.45, 2.75) is 25.0 Å². The van der Waals surface area contributed by atoms with Gasteiger partial charge in [-0.3, -0.25) is 9.69 Å². The van der Waals surface area contributed by atoms with E-state index in [0.29, 0.717) is 13.2 Å². The van der Waals surface area contributed by atoms with Crippen molar-refractivity contribution in [1.82, 2.24) is 15.1 Å². The molecule has 0 aromatic heterocycles. The van der Waals surface area contributed by atoms with Gasteiger partial charge in [0.05, 0.1) is 6.04 Å². The van der Waals surface area contributed by atoms with Crippen molar-refractivity contribution in [3.05, 3.63) is 35.9 Å². The Morgan fingerprint density at radius 1 is 1.26 bits per heavy atom. The zero-order valence-electron chi connectivity index (χ0n) is 13.9. The van der Waals surface area contributed by atoms with Crippen molar-refractivity contribution < 1.29 is 9.53 Å². The number of carbonyl (C=O) groups is 1. The molecule has 126 valence electrons. The fourth-order valence-electron chi connectivity index (χ4n) is 3.36. The van der Waals surface area contributed by atoms with Crippen LogP contribution in [0.15, 0.2) is 30.3 Å². The maximum Gasteiger partial charge on any atom is 0.249 e. The average Bonchev–Trinajstić information content (AvgIpc) is 3.12. The third-order valence-corrected chi connectivity index (χ3v) is 4.85. The van der Waals surface area contributed by atoms with E-state index in [9.17, 15) is 4.79 Å². The maximum atomic E-state index is 12.3. The molecule has 1 aromatic carbocycles. The molecule has 3 rings (SSSR count). The van der Waals surface area contributed by atoms with Crippen LogP contribution in [0.25, 0.3) is 0 Å². The minimum Gasteiger partial charge on any atom is -0.368 e. The van der Waals surface area contributed by atoms with E-state index >= 15 is 0 Å². The van der Waals surface area contributed by atoms with Gasteiger partial charge in [0.1, 0.15) is 6.10 Å². The molecule has 23 heavy (non-hydrogen) atoms. The first kappa shape index (κ1) is 16.4. The Balaban J connectivity index is 1.64. The van der Waals surface area contributed by atoms with Crippen LogP contribution >= 0.6 is 0 Å². The topological polar surface area (TPSA) is 44.8 Å². The van der Waals surface area contributed by atoms with Crippen LogP contribution < -0.4 is 5.32 Å². The van der Waals surface area contributed by atoms with Gasteiger partial charge in [0.25, 0.3) is 0 Å². The molecular weight excluding hydrogens is 290 g/mol. The molecule has 0 bridgehead atoms. The summed E-state index contributed by atoms with van der Waals surface area (Å²) < 4.78 is 5.48. The number of rotatable bonds is 5. The third-order valence-electron chi connectivity index (χ3n) is 4.85. The Kier molecular flexibility index (Phi) is 5.65. The molecule has 2 heterocycles. The molecule has 2 aliphatic heterocycles. The molecule has 5 heteroatoms. The number of nitrogens with one attached hydrogen (secondary N) is 1. The SMILES string of the molecule is CN1CCN(C(CNC(=O)C2CCCO2)c2ccccc2)CC1. The van der Waals surface area contributed by atoms with Crippen molar-refractivity contribution in [3.63, 3.8) is 0 Å².